The third kappa shape index (κ3) is 4.55. The van der Waals surface area contributed by atoms with Crippen LogP contribution in [0.2, 0.25) is 5.02 Å². The average Bonchev–Trinajstić information content (AvgIpc) is 3.46. The number of amides is 1. The third-order valence-corrected chi connectivity index (χ3v) is 6.63. The van der Waals surface area contributed by atoms with E-state index in [1.54, 1.807) is 12.4 Å². The topological polar surface area (TPSA) is 77.6 Å². The van der Waals surface area contributed by atoms with Gasteiger partial charge in [0.05, 0.1) is 22.5 Å². The number of nitrogens with one attached hydrogen (secondary N) is 1. The van der Waals surface area contributed by atoms with E-state index in [0.717, 1.165) is 28.1 Å². The van der Waals surface area contributed by atoms with Gasteiger partial charge in [-0.05, 0) is 35.9 Å². The zero-order valence-electron chi connectivity index (χ0n) is 18.3. The molecule has 9 heteroatoms. The summed E-state index contributed by atoms with van der Waals surface area (Å²) in [6, 6.07) is 24.8. The number of halogens is 1. The van der Waals surface area contributed by atoms with Crippen molar-refractivity contribution in [2.75, 3.05) is 5.75 Å². The van der Waals surface area contributed by atoms with Crippen molar-refractivity contribution in [3.8, 4) is 5.69 Å². The Morgan fingerprint density at radius 2 is 1.85 bits per heavy atom. The van der Waals surface area contributed by atoms with Crippen molar-refractivity contribution in [2.24, 2.45) is 7.05 Å². The Morgan fingerprint density at radius 3 is 2.65 bits per heavy atom. The third-order valence-electron chi connectivity index (χ3n) is 5.45. The first-order valence-corrected chi connectivity index (χ1v) is 12.0. The van der Waals surface area contributed by atoms with Crippen LogP contribution in [0.15, 0.2) is 90.3 Å². The Balaban J connectivity index is 1.37. The second-order valence-corrected chi connectivity index (χ2v) is 9.06. The Morgan fingerprint density at radius 1 is 1.06 bits per heavy atom. The molecule has 3 aromatic carbocycles. The average molecular weight is 489 g/mol. The summed E-state index contributed by atoms with van der Waals surface area (Å²) in [6.45, 7) is 0. The van der Waals surface area contributed by atoms with Crippen LogP contribution in [0.1, 0.15) is 17.4 Å². The molecule has 0 spiro atoms. The van der Waals surface area contributed by atoms with Gasteiger partial charge in [0.2, 0.25) is 5.91 Å². The minimum absolute atomic E-state index is 0.133. The highest BCUT2D eigenvalue weighted by Gasteiger charge is 2.23. The highest BCUT2D eigenvalue weighted by Crippen LogP contribution is 2.26. The van der Waals surface area contributed by atoms with Gasteiger partial charge < -0.3 is 9.88 Å². The maximum atomic E-state index is 13.1. The summed E-state index contributed by atoms with van der Waals surface area (Å²) in [5.74, 6) is 0.811. The molecule has 0 aliphatic rings. The Kier molecular flexibility index (Phi) is 6.33. The van der Waals surface area contributed by atoms with Crippen LogP contribution in [-0.2, 0) is 11.8 Å². The Labute approximate surface area is 205 Å². The van der Waals surface area contributed by atoms with E-state index in [0.29, 0.717) is 10.2 Å². The summed E-state index contributed by atoms with van der Waals surface area (Å²) >= 11 is 7.44. The van der Waals surface area contributed by atoms with E-state index >= 15 is 0 Å². The molecule has 0 saturated heterocycles. The molecule has 5 rings (SSSR count). The summed E-state index contributed by atoms with van der Waals surface area (Å²) in [7, 11) is 1.97. The largest absolute Gasteiger partial charge is 0.341 e. The van der Waals surface area contributed by atoms with E-state index in [-0.39, 0.29) is 11.7 Å². The first-order valence-electron chi connectivity index (χ1n) is 10.6. The van der Waals surface area contributed by atoms with Gasteiger partial charge in [0.1, 0.15) is 18.2 Å². The SMILES string of the molecule is Cn1c(C(NC(=O)CSc2nncn2-c2cccc(Cl)c2)c2ccccc2)nc2ccccc21. The van der Waals surface area contributed by atoms with Crippen LogP contribution in [0.5, 0.6) is 0 Å². The van der Waals surface area contributed by atoms with Gasteiger partial charge in [0.15, 0.2) is 5.16 Å². The maximum Gasteiger partial charge on any atom is 0.231 e. The standard InChI is InChI=1S/C25H21ClN6OS/c1-31-21-13-6-5-12-20(21)28-24(31)23(17-8-3-2-4-9-17)29-22(33)15-34-25-30-27-16-32(25)19-11-7-10-18(26)14-19/h2-14,16,23H,15H2,1H3,(H,29,33). The van der Waals surface area contributed by atoms with Crippen LogP contribution < -0.4 is 5.32 Å². The lowest BCUT2D eigenvalue weighted by Crippen LogP contribution is -2.32. The molecule has 0 aliphatic heterocycles. The first kappa shape index (κ1) is 22.2. The molecule has 0 fully saturated rings. The van der Waals surface area contributed by atoms with Crippen molar-refractivity contribution < 1.29 is 4.79 Å². The number of benzene rings is 3. The van der Waals surface area contributed by atoms with E-state index in [1.165, 1.54) is 11.8 Å². The smallest absolute Gasteiger partial charge is 0.231 e. The summed E-state index contributed by atoms with van der Waals surface area (Å²) in [5, 5.41) is 12.6. The van der Waals surface area contributed by atoms with E-state index in [1.807, 2.05) is 89.0 Å². The molecular weight excluding hydrogens is 468 g/mol. The Hall–Kier alpha value is -3.62. The number of aryl methyl sites for hydroxylation is 1. The molecule has 34 heavy (non-hydrogen) atoms. The number of hydrogen-bond acceptors (Lipinski definition) is 5. The number of nitrogens with zero attached hydrogens (tertiary/aromatic N) is 5. The van der Waals surface area contributed by atoms with Crippen molar-refractivity contribution in [1.82, 2.24) is 29.6 Å². The molecular formula is C25H21ClN6OS. The summed E-state index contributed by atoms with van der Waals surface area (Å²) < 4.78 is 3.83. The molecule has 2 aromatic heterocycles. The van der Waals surface area contributed by atoms with Crippen molar-refractivity contribution in [3.63, 3.8) is 0 Å². The normalized spacial score (nSPS) is 12.1. The van der Waals surface area contributed by atoms with Crippen LogP contribution in [0, 0.1) is 0 Å². The zero-order chi connectivity index (χ0) is 23.5. The van der Waals surface area contributed by atoms with E-state index in [2.05, 4.69) is 15.5 Å². The minimum Gasteiger partial charge on any atom is -0.341 e. The van der Waals surface area contributed by atoms with Crippen molar-refractivity contribution in [1.29, 1.82) is 0 Å². The van der Waals surface area contributed by atoms with Gasteiger partial charge in [-0.2, -0.15) is 0 Å². The highest BCUT2D eigenvalue weighted by molar-refractivity contribution is 7.99. The molecule has 1 unspecified atom stereocenters. The number of imidazole rings is 1. The highest BCUT2D eigenvalue weighted by atomic mass is 35.5. The molecule has 0 radical (unpaired) electrons. The van der Waals surface area contributed by atoms with Gasteiger partial charge in [-0.15, -0.1) is 10.2 Å². The van der Waals surface area contributed by atoms with Gasteiger partial charge >= 0.3 is 0 Å². The van der Waals surface area contributed by atoms with E-state index in [4.69, 9.17) is 16.6 Å². The number of fused-ring (bicyclic) bond motifs is 1. The van der Waals surface area contributed by atoms with Crippen molar-refractivity contribution in [3.05, 3.63) is 102 Å². The summed E-state index contributed by atoms with van der Waals surface area (Å²) in [4.78, 5) is 17.9. The van der Waals surface area contributed by atoms with Gasteiger partial charge in [-0.1, -0.05) is 71.9 Å². The van der Waals surface area contributed by atoms with Crippen LogP contribution in [0.25, 0.3) is 16.7 Å². The molecule has 1 amide bonds. The maximum absolute atomic E-state index is 13.1. The predicted molar refractivity (Wildman–Crippen MR) is 134 cm³/mol. The van der Waals surface area contributed by atoms with Crippen LogP contribution >= 0.6 is 23.4 Å². The second kappa shape index (κ2) is 9.70. The molecule has 7 nitrogen and oxygen atoms in total. The van der Waals surface area contributed by atoms with Crippen LogP contribution in [-0.4, -0.2) is 36.0 Å². The lowest BCUT2D eigenvalue weighted by molar-refractivity contribution is -0.119. The van der Waals surface area contributed by atoms with Crippen molar-refractivity contribution >= 4 is 40.3 Å². The molecule has 1 atom stereocenters. The van der Waals surface area contributed by atoms with E-state index in [9.17, 15) is 4.79 Å². The van der Waals surface area contributed by atoms with Crippen LogP contribution in [0.4, 0.5) is 0 Å². The number of thioether (sulfide) groups is 1. The number of rotatable bonds is 7. The Bertz CT molecular complexity index is 1450. The summed E-state index contributed by atoms with van der Waals surface area (Å²) in [5.41, 5.74) is 3.69. The lowest BCUT2D eigenvalue weighted by atomic mass is 10.1. The number of aromatic nitrogens is 5. The predicted octanol–water partition coefficient (Wildman–Crippen LogP) is 4.81. The van der Waals surface area contributed by atoms with Gasteiger partial charge in [-0.25, -0.2) is 4.98 Å². The molecule has 0 aliphatic carbocycles. The fourth-order valence-corrected chi connectivity index (χ4v) is 4.75. The van der Waals surface area contributed by atoms with Gasteiger partial charge in [-0.3, -0.25) is 9.36 Å². The fraction of sp³-hybridized carbons (Fsp3) is 0.120. The van der Waals surface area contributed by atoms with Crippen molar-refractivity contribution in [2.45, 2.75) is 11.2 Å². The fourth-order valence-electron chi connectivity index (χ4n) is 3.82. The summed E-state index contributed by atoms with van der Waals surface area (Å²) in [6.07, 6.45) is 1.61. The minimum atomic E-state index is -0.391. The van der Waals surface area contributed by atoms with Crippen LogP contribution in [0.3, 0.4) is 0 Å². The molecule has 1 N–H and O–H groups in total. The zero-order valence-corrected chi connectivity index (χ0v) is 19.9. The van der Waals surface area contributed by atoms with Gasteiger partial charge in [0.25, 0.3) is 0 Å². The molecule has 2 heterocycles. The lowest BCUT2D eigenvalue weighted by Gasteiger charge is -2.19. The molecule has 5 aromatic rings. The number of hydrogen-bond donors (Lipinski definition) is 1. The molecule has 0 bridgehead atoms. The molecule has 170 valence electrons. The first-order chi connectivity index (χ1) is 16.6. The number of para-hydroxylation sites is 2. The second-order valence-electron chi connectivity index (χ2n) is 7.68. The molecule has 0 saturated carbocycles. The number of carbonyl (C=O) groups excluding carboxylic acids is 1. The number of carbonyl (C=O) groups is 1. The van der Waals surface area contributed by atoms with E-state index < -0.39 is 6.04 Å². The monoisotopic (exact) mass is 488 g/mol. The quantitative estimate of drug-likeness (QED) is 0.333. The van der Waals surface area contributed by atoms with Gasteiger partial charge in [0, 0.05) is 12.1 Å².